The third-order valence-corrected chi connectivity index (χ3v) is 3.50. The quantitative estimate of drug-likeness (QED) is 0.875. The fourth-order valence-electron chi connectivity index (χ4n) is 1.75. The molecule has 0 radical (unpaired) electrons. The van der Waals surface area contributed by atoms with E-state index in [1.54, 1.807) is 24.3 Å². The van der Waals surface area contributed by atoms with Crippen LogP contribution in [0.5, 0.6) is 5.75 Å². The van der Waals surface area contributed by atoms with Crippen LogP contribution in [0.3, 0.4) is 0 Å². The topological polar surface area (TPSA) is 46.5 Å². The van der Waals surface area contributed by atoms with Gasteiger partial charge < -0.3 is 9.84 Å². The first-order valence-electron chi connectivity index (χ1n) is 5.94. The van der Waals surface area contributed by atoms with Crippen molar-refractivity contribution in [2.45, 2.75) is 12.5 Å². The molecule has 104 valence electrons. The summed E-state index contributed by atoms with van der Waals surface area (Å²) in [5, 5.41) is 9.67. The molecule has 2 aromatic rings. The van der Waals surface area contributed by atoms with Crippen LogP contribution in [0.25, 0.3) is 0 Å². The summed E-state index contributed by atoms with van der Waals surface area (Å²) >= 11 is 9.33. The van der Waals surface area contributed by atoms with E-state index in [-0.39, 0.29) is 6.42 Å². The Morgan fingerprint density at radius 2 is 2.00 bits per heavy atom. The average molecular weight is 356 g/mol. The summed E-state index contributed by atoms with van der Waals surface area (Å²) in [7, 11) is 0. The number of aliphatic carboxylic acids is 1. The lowest BCUT2D eigenvalue weighted by Crippen LogP contribution is -2.29. The van der Waals surface area contributed by atoms with Gasteiger partial charge in [0.1, 0.15) is 5.75 Å². The highest BCUT2D eigenvalue weighted by Crippen LogP contribution is 2.25. The molecule has 0 spiro atoms. The van der Waals surface area contributed by atoms with Gasteiger partial charge in [-0.3, -0.25) is 0 Å². The van der Waals surface area contributed by atoms with E-state index < -0.39 is 12.1 Å². The van der Waals surface area contributed by atoms with Crippen molar-refractivity contribution in [1.29, 1.82) is 0 Å². The highest BCUT2D eigenvalue weighted by molar-refractivity contribution is 9.10. The van der Waals surface area contributed by atoms with Gasteiger partial charge in [-0.1, -0.05) is 51.8 Å². The van der Waals surface area contributed by atoms with Crippen LogP contribution >= 0.6 is 27.5 Å². The molecule has 0 saturated carbocycles. The van der Waals surface area contributed by atoms with Gasteiger partial charge in [0.2, 0.25) is 0 Å². The molecule has 0 heterocycles. The highest BCUT2D eigenvalue weighted by Gasteiger charge is 2.21. The van der Waals surface area contributed by atoms with Crippen LogP contribution in [0.4, 0.5) is 0 Å². The van der Waals surface area contributed by atoms with E-state index in [1.165, 1.54) is 0 Å². The Hall–Kier alpha value is -1.52. The molecular formula is C15H12BrClO3. The molecule has 0 aliphatic heterocycles. The Morgan fingerprint density at radius 3 is 2.65 bits per heavy atom. The Bertz CT molecular complexity index is 616. The van der Waals surface area contributed by atoms with Gasteiger partial charge in [-0.25, -0.2) is 4.79 Å². The van der Waals surface area contributed by atoms with Crippen molar-refractivity contribution in [2.24, 2.45) is 0 Å². The summed E-state index contributed by atoms with van der Waals surface area (Å²) in [6.45, 7) is 0. The van der Waals surface area contributed by atoms with Crippen molar-refractivity contribution >= 4 is 33.5 Å². The fraction of sp³-hybridized carbons (Fsp3) is 0.133. The smallest absolute Gasteiger partial charge is 0.345 e. The van der Waals surface area contributed by atoms with Crippen LogP contribution in [-0.2, 0) is 11.2 Å². The van der Waals surface area contributed by atoms with Gasteiger partial charge in [0.05, 0.1) is 5.02 Å². The van der Waals surface area contributed by atoms with Crippen LogP contribution in [0.1, 0.15) is 5.56 Å². The number of hydrogen-bond acceptors (Lipinski definition) is 2. The summed E-state index contributed by atoms with van der Waals surface area (Å²) in [5.41, 5.74) is 0.874. The Kier molecular flexibility index (Phi) is 5.04. The zero-order valence-electron chi connectivity index (χ0n) is 10.4. The van der Waals surface area contributed by atoms with Crippen LogP contribution in [0, 0.1) is 0 Å². The van der Waals surface area contributed by atoms with Crippen molar-refractivity contribution in [3.8, 4) is 5.75 Å². The van der Waals surface area contributed by atoms with Gasteiger partial charge in [0.25, 0.3) is 0 Å². The normalized spacial score (nSPS) is 11.9. The van der Waals surface area contributed by atoms with Crippen LogP contribution in [0.2, 0.25) is 5.02 Å². The molecule has 0 aliphatic carbocycles. The second kappa shape index (κ2) is 6.77. The summed E-state index contributed by atoms with van der Waals surface area (Å²) in [5.74, 6) is -0.651. The van der Waals surface area contributed by atoms with Gasteiger partial charge in [-0.15, -0.1) is 0 Å². The van der Waals surface area contributed by atoms with Crippen molar-refractivity contribution in [3.05, 3.63) is 63.6 Å². The Labute approximate surface area is 130 Å². The van der Waals surface area contributed by atoms with Crippen LogP contribution in [0.15, 0.2) is 53.0 Å². The number of benzene rings is 2. The highest BCUT2D eigenvalue weighted by atomic mass is 79.9. The van der Waals surface area contributed by atoms with Crippen molar-refractivity contribution < 1.29 is 14.6 Å². The molecule has 20 heavy (non-hydrogen) atoms. The zero-order chi connectivity index (χ0) is 14.5. The monoisotopic (exact) mass is 354 g/mol. The average Bonchev–Trinajstić information content (AvgIpc) is 2.40. The molecule has 0 aliphatic rings. The molecule has 0 amide bonds. The van der Waals surface area contributed by atoms with Gasteiger partial charge >= 0.3 is 5.97 Å². The van der Waals surface area contributed by atoms with E-state index >= 15 is 0 Å². The fourth-order valence-corrected chi connectivity index (χ4v) is 2.38. The SMILES string of the molecule is O=C(O)[C@@H](Cc1cccc(Br)c1)Oc1ccccc1Cl. The Morgan fingerprint density at radius 1 is 1.25 bits per heavy atom. The van der Waals surface area contributed by atoms with Crippen molar-refractivity contribution in [1.82, 2.24) is 0 Å². The molecule has 0 fully saturated rings. The maximum atomic E-state index is 11.3. The number of ether oxygens (including phenoxy) is 1. The molecule has 5 heteroatoms. The number of rotatable bonds is 5. The van der Waals surface area contributed by atoms with E-state index in [0.717, 1.165) is 10.0 Å². The molecule has 0 bridgehead atoms. The van der Waals surface area contributed by atoms with Crippen molar-refractivity contribution in [2.75, 3.05) is 0 Å². The third-order valence-electron chi connectivity index (χ3n) is 2.69. The van der Waals surface area contributed by atoms with Gasteiger partial charge in [0.15, 0.2) is 6.10 Å². The number of carboxylic acid groups (broad SMARTS) is 1. The first-order chi connectivity index (χ1) is 9.56. The predicted molar refractivity (Wildman–Crippen MR) is 81.3 cm³/mol. The summed E-state index contributed by atoms with van der Waals surface area (Å²) in [6.07, 6.45) is -0.718. The second-order valence-electron chi connectivity index (χ2n) is 4.21. The maximum Gasteiger partial charge on any atom is 0.345 e. The molecule has 0 saturated heterocycles. The summed E-state index contributed by atoms with van der Waals surface area (Å²) in [6, 6.07) is 14.3. The van der Waals surface area contributed by atoms with Crippen molar-refractivity contribution in [3.63, 3.8) is 0 Å². The molecule has 1 N–H and O–H groups in total. The molecule has 2 rings (SSSR count). The lowest BCUT2D eigenvalue weighted by atomic mass is 10.1. The molecular weight excluding hydrogens is 344 g/mol. The van der Waals surface area contributed by atoms with E-state index in [1.807, 2.05) is 24.3 Å². The zero-order valence-corrected chi connectivity index (χ0v) is 12.8. The minimum absolute atomic E-state index is 0.264. The standard InChI is InChI=1S/C15H12BrClO3/c16-11-5-3-4-10(8-11)9-14(15(18)19)20-13-7-2-1-6-12(13)17/h1-8,14H,9H2,(H,18,19)/t14-/m1/s1. The minimum atomic E-state index is -1.02. The number of carboxylic acids is 1. The third kappa shape index (κ3) is 3.99. The first-order valence-corrected chi connectivity index (χ1v) is 7.12. The number of para-hydroxylation sites is 1. The number of carbonyl (C=O) groups is 1. The van der Waals surface area contributed by atoms with E-state index in [4.69, 9.17) is 16.3 Å². The molecule has 3 nitrogen and oxygen atoms in total. The molecule has 1 atom stereocenters. The number of hydrogen-bond donors (Lipinski definition) is 1. The molecule has 0 unspecified atom stereocenters. The maximum absolute atomic E-state index is 11.3. The van der Waals surface area contributed by atoms with Crippen LogP contribution in [-0.4, -0.2) is 17.2 Å². The lowest BCUT2D eigenvalue weighted by Gasteiger charge is -2.16. The minimum Gasteiger partial charge on any atom is -0.478 e. The largest absolute Gasteiger partial charge is 0.478 e. The van der Waals surface area contributed by atoms with Gasteiger partial charge in [-0.05, 0) is 29.8 Å². The second-order valence-corrected chi connectivity index (χ2v) is 5.53. The summed E-state index contributed by atoms with van der Waals surface area (Å²) in [4.78, 5) is 11.3. The van der Waals surface area contributed by atoms with E-state index in [9.17, 15) is 9.90 Å². The Balaban J connectivity index is 2.16. The molecule has 2 aromatic carbocycles. The first kappa shape index (κ1) is 14.9. The van der Waals surface area contributed by atoms with E-state index in [0.29, 0.717) is 10.8 Å². The molecule has 0 aromatic heterocycles. The van der Waals surface area contributed by atoms with Gasteiger partial charge in [0, 0.05) is 10.9 Å². The van der Waals surface area contributed by atoms with Crippen LogP contribution < -0.4 is 4.74 Å². The lowest BCUT2D eigenvalue weighted by molar-refractivity contribution is -0.145. The van der Waals surface area contributed by atoms with E-state index in [2.05, 4.69) is 15.9 Å². The number of halogens is 2. The van der Waals surface area contributed by atoms with Gasteiger partial charge in [-0.2, -0.15) is 0 Å². The summed E-state index contributed by atoms with van der Waals surface area (Å²) < 4.78 is 6.40. The predicted octanol–water partition coefficient (Wildman–Crippen LogP) is 4.18.